The van der Waals surface area contributed by atoms with E-state index in [1.165, 1.54) is 71.4 Å². The second-order valence-corrected chi connectivity index (χ2v) is 18.3. The molecule has 1 heterocycles. The molecule has 1 aliphatic rings. The monoisotopic (exact) mass is 877 g/mol. The molecule has 0 saturated heterocycles. The van der Waals surface area contributed by atoms with Crippen LogP contribution in [0.15, 0.2) is 265 Å². The molecule has 0 unspecified atom stereocenters. The predicted octanol–water partition coefficient (Wildman–Crippen LogP) is 18.2. The van der Waals surface area contributed by atoms with E-state index < -0.39 is 5.41 Å². The average Bonchev–Trinajstić information content (AvgIpc) is 3.96. The van der Waals surface area contributed by atoms with Gasteiger partial charge in [-0.3, -0.25) is 0 Å². The first-order valence-corrected chi connectivity index (χ1v) is 23.8. The molecule has 1 aliphatic carbocycles. The maximum absolute atomic E-state index is 6.62. The van der Waals surface area contributed by atoms with Crippen LogP contribution in [-0.4, -0.2) is 0 Å². The average molecular weight is 878 g/mol. The van der Waals surface area contributed by atoms with Crippen LogP contribution in [0.2, 0.25) is 0 Å². The second kappa shape index (κ2) is 15.6. The first-order chi connectivity index (χ1) is 34.2. The van der Waals surface area contributed by atoms with Gasteiger partial charge in [-0.05, 0) is 137 Å². The normalized spacial score (nSPS) is 12.8. The van der Waals surface area contributed by atoms with Crippen molar-refractivity contribution in [1.82, 2.24) is 0 Å². The lowest BCUT2D eigenvalue weighted by atomic mass is 9.67. The molecule has 69 heavy (non-hydrogen) atoms. The zero-order valence-electron chi connectivity index (χ0n) is 37.7. The largest absolute Gasteiger partial charge is 0.455 e. The van der Waals surface area contributed by atoms with Gasteiger partial charge >= 0.3 is 0 Å². The van der Waals surface area contributed by atoms with Crippen LogP contribution in [-0.2, 0) is 5.41 Å². The molecule has 322 valence electrons. The smallest absolute Gasteiger partial charge is 0.143 e. The van der Waals surface area contributed by atoms with Gasteiger partial charge in [-0.2, -0.15) is 0 Å². The molecule has 0 atom stereocenters. The van der Waals surface area contributed by atoms with Gasteiger partial charge in [0.15, 0.2) is 0 Å². The maximum Gasteiger partial charge on any atom is 0.143 e. The van der Waals surface area contributed by atoms with Crippen LogP contribution in [0.5, 0.6) is 0 Å². The van der Waals surface area contributed by atoms with E-state index in [2.05, 4.69) is 266 Å². The van der Waals surface area contributed by atoms with Crippen LogP contribution in [0.3, 0.4) is 0 Å². The third-order valence-corrected chi connectivity index (χ3v) is 14.7. The molecule has 0 aliphatic heterocycles. The van der Waals surface area contributed by atoms with E-state index >= 15 is 0 Å². The number of benzene rings is 12. The van der Waals surface area contributed by atoms with E-state index in [4.69, 9.17) is 4.42 Å². The molecule has 0 N–H and O–H groups in total. The quantitative estimate of drug-likeness (QED) is 0.148. The van der Waals surface area contributed by atoms with Gasteiger partial charge < -0.3 is 9.32 Å². The lowest BCUT2D eigenvalue weighted by Crippen LogP contribution is -2.28. The summed E-state index contributed by atoms with van der Waals surface area (Å²) in [7, 11) is 0. The molecule has 0 saturated carbocycles. The van der Waals surface area contributed by atoms with Crippen LogP contribution in [0.1, 0.15) is 22.3 Å². The topological polar surface area (TPSA) is 16.4 Å². The lowest BCUT2D eigenvalue weighted by Gasteiger charge is -2.35. The Labute approximate surface area is 400 Å². The van der Waals surface area contributed by atoms with Crippen LogP contribution >= 0.6 is 0 Å². The van der Waals surface area contributed by atoms with Gasteiger partial charge in [0, 0.05) is 33.2 Å². The third kappa shape index (κ3) is 5.99. The number of hydrogen-bond donors (Lipinski definition) is 0. The summed E-state index contributed by atoms with van der Waals surface area (Å²) in [5.74, 6) is 0. The van der Waals surface area contributed by atoms with Gasteiger partial charge in [0.25, 0.3) is 0 Å². The summed E-state index contributed by atoms with van der Waals surface area (Å²) in [6.45, 7) is 0. The second-order valence-electron chi connectivity index (χ2n) is 18.3. The molecule has 2 heteroatoms. The van der Waals surface area contributed by atoms with Crippen molar-refractivity contribution < 1.29 is 4.42 Å². The molecular formula is C67H43NO. The van der Waals surface area contributed by atoms with Crippen molar-refractivity contribution in [2.45, 2.75) is 5.41 Å². The zero-order chi connectivity index (χ0) is 45.5. The van der Waals surface area contributed by atoms with Crippen molar-refractivity contribution in [2.75, 3.05) is 4.90 Å². The summed E-state index contributed by atoms with van der Waals surface area (Å²) < 4.78 is 6.62. The Morgan fingerprint density at radius 2 is 0.855 bits per heavy atom. The van der Waals surface area contributed by atoms with Crippen LogP contribution in [0.25, 0.3) is 87.6 Å². The van der Waals surface area contributed by atoms with Crippen LogP contribution in [0, 0.1) is 0 Å². The van der Waals surface area contributed by atoms with Crippen molar-refractivity contribution >= 4 is 71.3 Å². The molecular weight excluding hydrogens is 835 g/mol. The third-order valence-electron chi connectivity index (χ3n) is 14.7. The summed E-state index contributed by atoms with van der Waals surface area (Å²) in [6.07, 6.45) is 0. The molecule has 0 amide bonds. The number of anilines is 3. The molecule has 0 bridgehead atoms. The maximum atomic E-state index is 6.62. The minimum atomic E-state index is -0.529. The Hall–Kier alpha value is -8.98. The molecule has 12 aromatic carbocycles. The van der Waals surface area contributed by atoms with E-state index in [1.807, 2.05) is 0 Å². The zero-order valence-corrected chi connectivity index (χ0v) is 37.7. The van der Waals surface area contributed by atoms with E-state index in [1.54, 1.807) is 0 Å². The summed E-state index contributed by atoms with van der Waals surface area (Å²) in [4.78, 5) is 2.43. The number of fused-ring (bicyclic) bond motifs is 11. The molecule has 14 rings (SSSR count). The van der Waals surface area contributed by atoms with Crippen molar-refractivity contribution in [3.63, 3.8) is 0 Å². The van der Waals surface area contributed by atoms with Crippen molar-refractivity contribution in [2.24, 2.45) is 0 Å². The molecule has 1 aromatic heterocycles. The predicted molar refractivity (Wildman–Crippen MR) is 289 cm³/mol. The van der Waals surface area contributed by atoms with Crippen molar-refractivity contribution in [3.05, 3.63) is 283 Å². The van der Waals surface area contributed by atoms with Crippen molar-refractivity contribution in [3.8, 4) is 33.4 Å². The molecule has 0 fully saturated rings. The first-order valence-electron chi connectivity index (χ1n) is 23.8. The van der Waals surface area contributed by atoms with E-state index in [9.17, 15) is 0 Å². The fourth-order valence-electron chi connectivity index (χ4n) is 11.7. The molecule has 0 radical (unpaired) electrons. The number of hydrogen-bond acceptors (Lipinski definition) is 2. The fourth-order valence-corrected chi connectivity index (χ4v) is 11.7. The SMILES string of the molecule is c1ccc(C2(c3ccccc3)c3ccccc3-c3ccc(N(c4ccc(-c5cc6ccccc6c6ccccc56)cc4)c4ccc(-c5cccc6oc7c8ccccc8ccc7c56)cc4)cc32)cc1. The van der Waals surface area contributed by atoms with Crippen LogP contribution < -0.4 is 4.90 Å². The number of nitrogens with zero attached hydrogens (tertiary/aromatic N) is 1. The van der Waals surface area contributed by atoms with E-state index in [0.29, 0.717) is 0 Å². The Bertz CT molecular complexity index is 4070. The minimum absolute atomic E-state index is 0.529. The van der Waals surface area contributed by atoms with Gasteiger partial charge in [-0.25, -0.2) is 0 Å². The van der Waals surface area contributed by atoms with E-state index in [-0.39, 0.29) is 0 Å². The molecule has 0 spiro atoms. The highest BCUT2D eigenvalue weighted by atomic mass is 16.3. The Balaban J connectivity index is 0.957. The summed E-state index contributed by atoms with van der Waals surface area (Å²) in [5, 5.41) is 9.60. The lowest BCUT2D eigenvalue weighted by molar-refractivity contribution is 0.673. The van der Waals surface area contributed by atoms with Gasteiger partial charge in [-0.1, -0.05) is 206 Å². The molecule has 13 aromatic rings. The van der Waals surface area contributed by atoms with Gasteiger partial charge in [-0.15, -0.1) is 0 Å². The first kappa shape index (κ1) is 39.2. The molecule has 2 nitrogen and oxygen atoms in total. The highest BCUT2D eigenvalue weighted by Gasteiger charge is 2.46. The highest BCUT2D eigenvalue weighted by Crippen LogP contribution is 2.57. The standard InChI is InChI=1S/C67H43NO/c1-3-18-48(19-4-1)67(49-20-5-2-6-21-49)62-28-14-13-26-58(62)59-41-39-52(43-63(59)67)68(51-37-32-46(33-38-51)61-42-47-17-8-9-22-53(47)56-24-11-12-25-57(56)61)50-35-30-45(31-36-50)54-27-15-29-64-65(54)60-40-34-44-16-7-10-23-55(44)66(60)69-64/h1-43H. The van der Waals surface area contributed by atoms with Gasteiger partial charge in [0.05, 0.1) is 5.41 Å². The minimum Gasteiger partial charge on any atom is -0.455 e. The summed E-state index contributed by atoms with van der Waals surface area (Å²) in [5.41, 5.74) is 16.8. The van der Waals surface area contributed by atoms with Crippen LogP contribution in [0.4, 0.5) is 17.1 Å². The number of furan rings is 1. The van der Waals surface area contributed by atoms with Gasteiger partial charge in [0.1, 0.15) is 11.2 Å². The Morgan fingerprint density at radius 1 is 0.304 bits per heavy atom. The van der Waals surface area contributed by atoms with Crippen molar-refractivity contribution in [1.29, 1.82) is 0 Å². The highest BCUT2D eigenvalue weighted by molar-refractivity contribution is 6.19. The van der Waals surface area contributed by atoms with E-state index in [0.717, 1.165) is 55.5 Å². The Morgan fingerprint density at radius 3 is 1.58 bits per heavy atom. The fraction of sp³-hybridized carbons (Fsp3) is 0.0149. The Kier molecular flexibility index (Phi) is 8.84. The summed E-state index contributed by atoms with van der Waals surface area (Å²) in [6, 6.07) is 95.6. The number of rotatable bonds is 7. The summed E-state index contributed by atoms with van der Waals surface area (Å²) >= 11 is 0. The van der Waals surface area contributed by atoms with Gasteiger partial charge in [0.2, 0.25) is 0 Å².